The molecular weight excluding hydrogens is 180 g/mol. The van der Waals surface area contributed by atoms with Gasteiger partial charge in [-0.15, -0.1) is 0 Å². The lowest BCUT2D eigenvalue weighted by atomic mass is 10.0. The van der Waals surface area contributed by atoms with Crippen molar-refractivity contribution in [2.24, 2.45) is 0 Å². The van der Waals surface area contributed by atoms with Crippen molar-refractivity contribution in [2.75, 3.05) is 0 Å². The van der Waals surface area contributed by atoms with Crippen molar-refractivity contribution in [3.05, 3.63) is 66.3 Å². The molecule has 0 unspecified atom stereocenters. The summed E-state index contributed by atoms with van der Waals surface area (Å²) in [6.07, 6.45) is 7.29. The molecule has 0 amide bonds. The first-order chi connectivity index (χ1) is 7.24. The molecule has 0 spiro atoms. The second-order valence-electron chi connectivity index (χ2n) is 3.62. The summed E-state index contributed by atoms with van der Waals surface area (Å²) in [5.41, 5.74) is 3.73. The number of benzene rings is 1. The van der Waals surface area contributed by atoms with Gasteiger partial charge in [-0.05, 0) is 24.5 Å². The summed E-state index contributed by atoms with van der Waals surface area (Å²) >= 11 is 0. The monoisotopic (exact) mass is 198 g/mol. The Kier molecular flexibility index (Phi) is 4.62. The zero-order valence-electron chi connectivity index (χ0n) is 9.53. The van der Waals surface area contributed by atoms with E-state index in [9.17, 15) is 0 Å². The lowest BCUT2D eigenvalue weighted by molar-refractivity contribution is 1.24. The fourth-order valence-corrected chi connectivity index (χ4v) is 1.40. The van der Waals surface area contributed by atoms with Crippen LogP contribution in [0.4, 0.5) is 0 Å². The summed E-state index contributed by atoms with van der Waals surface area (Å²) in [5.74, 6) is 0. The van der Waals surface area contributed by atoms with Crippen LogP contribution in [0.5, 0.6) is 0 Å². The van der Waals surface area contributed by atoms with Gasteiger partial charge in [0.25, 0.3) is 0 Å². The van der Waals surface area contributed by atoms with Crippen molar-refractivity contribution >= 4 is 5.57 Å². The van der Waals surface area contributed by atoms with E-state index in [1.807, 2.05) is 19.1 Å². The summed E-state index contributed by atoms with van der Waals surface area (Å²) in [6, 6.07) is 10.5. The molecule has 0 atom stereocenters. The third-order valence-corrected chi connectivity index (χ3v) is 2.20. The number of hydrogen-bond donors (Lipinski definition) is 0. The fraction of sp³-hybridized carbons (Fsp3) is 0.200. The van der Waals surface area contributed by atoms with E-state index in [0.717, 1.165) is 12.0 Å². The van der Waals surface area contributed by atoms with E-state index in [1.54, 1.807) is 0 Å². The molecule has 0 saturated carbocycles. The Morgan fingerprint density at radius 2 is 1.93 bits per heavy atom. The van der Waals surface area contributed by atoms with E-state index in [2.05, 4.69) is 49.9 Å². The van der Waals surface area contributed by atoms with Gasteiger partial charge in [0, 0.05) is 0 Å². The Labute approximate surface area is 92.6 Å². The average molecular weight is 198 g/mol. The Balaban J connectivity index is 2.85. The lowest BCUT2D eigenvalue weighted by Crippen LogP contribution is -1.80. The van der Waals surface area contributed by atoms with Crippen LogP contribution in [0.15, 0.2) is 60.7 Å². The third-order valence-electron chi connectivity index (χ3n) is 2.20. The summed E-state index contributed by atoms with van der Waals surface area (Å²) in [5, 5.41) is 0. The van der Waals surface area contributed by atoms with Crippen LogP contribution < -0.4 is 0 Å². The number of allylic oxidation sites excluding steroid dienone is 5. The summed E-state index contributed by atoms with van der Waals surface area (Å²) in [7, 11) is 0. The van der Waals surface area contributed by atoms with Gasteiger partial charge in [0.1, 0.15) is 0 Å². The summed E-state index contributed by atoms with van der Waals surface area (Å²) in [4.78, 5) is 0. The van der Waals surface area contributed by atoms with Gasteiger partial charge in [-0.25, -0.2) is 0 Å². The summed E-state index contributed by atoms with van der Waals surface area (Å²) in [6.45, 7) is 8.01. The van der Waals surface area contributed by atoms with Crippen molar-refractivity contribution in [1.82, 2.24) is 0 Å². The largest absolute Gasteiger partial charge is 0.0961 e. The maximum Gasteiger partial charge on any atom is -0.0225 e. The molecule has 0 fully saturated rings. The predicted octanol–water partition coefficient (Wildman–Crippen LogP) is 4.61. The highest BCUT2D eigenvalue weighted by molar-refractivity contribution is 5.66. The molecular formula is C15H18. The maximum absolute atomic E-state index is 3.83. The van der Waals surface area contributed by atoms with Crippen LogP contribution >= 0.6 is 0 Å². The highest BCUT2D eigenvalue weighted by Gasteiger charge is 1.95. The SMILES string of the molecule is C=C(C)C=CC=C(CC)c1ccccc1. The van der Waals surface area contributed by atoms with Crippen LogP contribution in [0.2, 0.25) is 0 Å². The van der Waals surface area contributed by atoms with Crippen LogP contribution in [0.1, 0.15) is 25.8 Å². The zero-order chi connectivity index (χ0) is 11.1. The molecule has 0 radical (unpaired) electrons. The minimum absolute atomic E-state index is 1.05. The van der Waals surface area contributed by atoms with Crippen LogP contribution in [0, 0.1) is 0 Å². The minimum Gasteiger partial charge on any atom is -0.0961 e. The predicted molar refractivity (Wildman–Crippen MR) is 68.7 cm³/mol. The van der Waals surface area contributed by atoms with Gasteiger partial charge in [-0.2, -0.15) is 0 Å². The first kappa shape index (κ1) is 11.5. The fourth-order valence-electron chi connectivity index (χ4n) is 1.40. The number of rotatable bonds is 4. The van der Waals surface area contributed by atoms with Crippen molar-refractivity contribution in [3.8, 4) is 0 Å². The topological polar surface area (TPSA) is 0 Å². The molecule has 0 N–H and O–H groups in total. The molecule has 0 aliphatic carbocycles. The van der Waals surface area contributed by atoms with Gasteiger partial charge < -0.3 is 0 Å². The first-order valence-electron chi connectivity index (χ1n) is 5.32. The van der Waals surface area contributed by atoms with Gasteiger partial charge in [0.05, 0.1) is 0 Å². The molecule has 1 rings (SSSR count). The summed E-state index contributed by atoms with van der Waals surface area (Å²) < 4.78 is 0. The Morgan fingerprint density at radius 3 is 2.47 bits per heavy atom. The molecule has 0 nitrogen and oxygen atoms in total. The minimum atomic E-state index is 1.05. The lowest BCUT2D eigenvalue weighted by Gasteiger charge is -2.02. The van der Waals surface area contributed by atoms with Crippen LogP contribution in [-0.2, 0) is 0 Å². The normalized spacial score (nSPS) is 12.0. The second-order valence-corrected chi connectivity index (χ2v) is 3.62. The zero-order valence-corrected chi connectivity index (χ0v) is 9.53. The molecule has 0 heterocycles. The molecule has 0 aromatic heterocycles. The van der Waals surface area contributed by atoms with Crippen molar-refractivity contribution in [3.63, 3.8) is 0 Å². The molecule has 1 aromatic carbocycles. The quantitative estimate of drug-likeness (QED) is 0.620. The Hall–Kier alpha value is -1.56. The average Bonchev–Trinajstić information content (AvgIpc) is 2.25. The smallest absolute Gasteiger partial charge is 0.0225 e. The molecule has 0 heteroatoms. The maximum atomic E-state index is 3.83. The van der Waals surface area contributed by atoms with E-state index in [4.69, 9.17) is 0 Å². The molecule has 0 saturated heterocycles. The highest BCUT2D eigenvalue weighted by atomic mass is 14.0. The van der Waals surface area contributed by atoms with Gasteiger partial charge in [-0.1, -0.05) is 67.6 Å². The molecule has 0 bridgehead atoms. The van der Waals surface area contributed by atoms with Gasteiger partial charge >= 0.3 is 0 Å². The van der Waals surface area contributed by atoms with Crippen molar-refractivity contribution < 1.29 is 0 Å². The second kappa shape index (κ2) is 6.02. The van der Waals surface area contributed by atoms with Crippen LogP contribution in [-0.4, -0.2) is 0 Å². The van der Waals surface area contributed by atoms with Gasteiger partial charge in [0.2, 0.25) is 0 Å². The molecule has 0 aliphatic heterocycles. The van der Waals surface area contributed by atoms with Gasteiger partial charge in [0.15, 0.2) is 0 Å². The van der Waals surface area contributed by atoms with Crippen molar-refractivity contribution in [1.29, 1.82) is 0 Å². The Morgan fingerprint density at radius 1 is 1.27 bits per heavy atom. The Bertz CT molecular complexity index is 366. The molecule has 0 aliphatic rings. The van der Waals surface area contributed by atoms with Gasteiger partial charge in [-0.3, -0.25) is 0 Å². The van der Waals surface area contributed by atoms with E-state index >= 15 is 0 Å². The molecule has 78 valence electrons. The highest BCUT2D eigenvalue weighted by Crippen LogP contribution is 2.17. The molecule has 1 aromatic rings. The van der Waals surface area contributed by atoms with E-state index in [1.165, 1.54) is 11.1 Å². The molecule has 15 heavy (non-hydrogen) atoms. The van der Waals surface area contributed by atoms with E-state index < -0.39 is 0 Å². The van der Waals surface area contributed by atoms with E-state index in [0.29, 0.717) is 0 Å². The van der Waals surface area contributed by atoms with Crippen LogP contribution in [0.25, 0.3) is 5.57 Å². The van der Waals surface area contributed by atoms with Crippen molar-refractivity contribution in [2.45, 2.75) is 20.3 Å². The standard InChI is InChI=1S/C15H18/c1-4-14(12-8-9-13(2)3)15-10-6-5-7-11-15/h5-12H,2,4H2,1,3H3. The van der Waals surface area contributed by atoms with Crippen LogP contribution in [0.3, 0.4) is 0 Å². The third kappa shape index (κ3) is 3.99. The van der Waals surface area contributed by atoms with E-state index in [-0.39, 0.29) is 0 Å². The first-order valence-corrected chi connectivity index (χ1v) is 5.32. The number of hydrogen-bond acceptors (Lipinski definition) is 0.